The van der Waals surface area contributed by atoms with Gasteiger partial charge in [-0.3, -0.25) is 4.68 Å². The molecule has 0 aliphatic heterocycles. The molecule has 0 saturated heterocycles. The van der Waals surface area contributed by atoms with Crippen LogP contribution in [0.15, 0.2) is 6.07 Å². The number of aromatic nitrogens is 2. The topological polar surface area (TPSA) is 39.1 Å². The Labute approximate surface area is 122 Å². The number of ether oxygens (including phenoxy) is 1. The molecule has 1 N–H and O–H groups in total. The smallest absolute Gasteiger partial charge is 0.0693 e. The highest BCUT2D eigenvalue weighted by atomic mass is 16.5. The van der Waals surface area contributed by atoms with Crippen LogP contribution in [-0.2, 0) is 24.6 Å². The molecule has 1 saturated carbocycles. The monoisotopic (exact) mass is 279 g/mol. The normalized spacial score (nSPS) is 18.8. The van der Waals surface area contributed by atoms with Gasteiger partial charge in [0, 0.05) is 32.3 Å². The van der Waals surface area contributed by atoms with Crippen molar-refractivity contribution in [2.45, 2.75) is 64.0 Å². The average molecular weight is 279 g/mol. The zero-order chi connectivity index (χ0) is 14.6. The minimum Gasteiger partial charge on any atom is -0.378 e. The van der Waals surface area contributed by atoms with E-state index < -0.39 is 0 Å². The third kappa shape index (κ3) is 3.41. The zero-order valence-corrected chi connectivity index (χ0v) is 13.4. The van der Waals surface area contributed by atoms with Crippen LogP contribution in [0.1, 0.15) is 50.9 Å². The van der Waals surface area contributed by atoms with Gasteiger partial charge in [-0.25, -0.2) is 0 Å². The Kier molecular flexibility index (Phi) is 5.22. The van der Waals surface area contributed by atoms with Crippen LogP contribution in [0.3, 0.4) is 0 Å². The van der Waals surface area contributed by atoms with Gasteiger partial charge in [0.2, 0.25) is 0 Å². The van der Waals surface area contributed by atoms with Gasteiger partial charge in [-0.15, -0.1) is 0 Å². The summed E-state index contributed by atoms with van der Waals surface area (Å²) in [4.78, 5) is 0. The highest BCUT2D eigenvalue weighted by Gasteiger charge is 2.38. The van der Waals surface area contributed by atoms with Crippen LogP contribution in [0.2, 0.25) is 0 Å². The highest BCUT2D eigenvalue weighted by molar-refractivity contribution is 5.12. The van der Waals surface area contributed by atoms with Gasteiger partial charge in [-0.1, -0.05) is 13.8 Å². The van der Waals surface area contributed by atoms with E-state index in [0.717, 1.165) is 25.8 Å². The molecule has 0 bridgehead atoms. The van der Waals surface area contributed by atoms with Gasteiger partial charge < -0.3 is 10.1 Å². The van der Waals surface area contributed by atoms with E-state index in [1.54, 1.807) is 0 Å². The fourth-order valence-corrected chi connectivity index (χ4v) is 3.20. The highest BCUT2D eigenvalue weighted by Crippen LogP contribution is 2.39. The summed E-state index contributed by atoms with van der Waals surface area (Å²) in [5.41, 5.74) is 2.63. The minimum absolute atomic E-state index is 0.124. The lowest BCUT2D eigenvalue weighted by Crippen LogP contribution is -2.46. The predicted octanol–water partition coefficient (Wildman–Crippen LogP) is 2.46. The molecular formula is C16H29N3O. The molecule has 1 unspecified atom stereocenters. The number of hydrogen-bond donors (Lipinski definition) is 1. The zero-order valence-electron chi connectivity index (χ0n) is 13.4. The fraction of sp³-hybridized carbons (Fsp3) is 0.812. The van der Waals surface area contributed by atoms with Crippen LogP contribution in [0.5, 0.6) is 0 Å². The van der Waals surface area contributed by atoms with Crippen LogP contribution in [-0.4, -0.2) is 35.1 Å². The van der Waals surface area contributed by atoms with E-state index in [2.05, 4.69) is 30.3 Å². The van der Waals surface area contributed by atoms with Crippen LogP contribution < -0.4 is 5.32 Å². The predicted molar refractivity (Wildman–Crippen MR) is 82.0 cm³/mol. The lowest BCUT2D eigenvalue weighted by Gasteiger charge is -2.43. The molecule has 1 aromatic heterocycles. The maximum atomic E-state index is 5.78. The summed E-state index contributed by atoms with van der Waals surface area (Å²) in [6.07, 6.45) is 6.85. The molecule has 0 radical (unpaired) electrons. The van der Waals surface area contributed by atoms with Crippen LogP contribution in [0.4, 0.5) is 0 Å². The quantitative estimate of drug-likeness (QED) is 0.794. The lowest BCUT2D eigenvalue weighted by atomic mass is 9.75. The maximum absolute atomic E-state index is 5.78. The van der Waals surface area contributed by atoms with E-state index in [1.165, 1.54) is 30.7 Å². The van der Waals surface area contributed by atoms with Crippen molar-refractivity contribution < 1.29 is 4.74 Å². The molecule has 1 aliphatic rings. The molecule has 1 fully saturated rings. The first-order valence-corrected chi connectivity index (χ1v) is 7.92. The first-order valence-electron chi connectivity index (χ1n) is 7.92. The van der Waals surface area contributed by atoms with Gasteiger partial charge in [0.15, 0.2) is 0 Å². The van der Waals surface area contributed by atoms with Crippen molar-refractivity contribution in [2.24, 2.45) is 7.05 Å². The van der Waals surface area contributed by atoms with Gasteiger partial charge in [0.1, 0.15) is 0 Å². The number of hydrogen-bond acceptors (Lipinski definition) is 3. The Hall–Kier alpha value is -0.870. The summed E-state index contributed by atoms with van der Waals surface area (Å²) in [5, 5.41) is 8.17. The summed E-state index contributed by atoms with van der Waals surface area (Å²) < 4.78 is 7.81. The van der Waals surface area contributed by atoms with Crippen molar-refractivity contribution in [1.82, 2.24) is 15.1 Å². The number of rotatable bonds is 8. The average Bonchev–Trinajstić information content (AvgIpc) is 2.75. The van der Waals surface area contributed by atoms with E-state index in [1.807, 2.05) is 18.8 Å². The van der Waals surface area contributed by atoms with Gasteiger partial charge in [0.25, 0.3) is 0 Å². The molecule has 0 spiro atoms. The van der Waals surface area contributed by atoms with Crippen molar-refractivity contribution in [3.63, 3.8) is 0 Å². The largest absolute Gasteiger partial charge is 0.378 e. The second kappa shape index (κ2) is 6.72. The number of nitrogens with zero attached hydrogens (tertiary/aromatic N) is 2. The molecule has 0 aromatic carbocycles. The summed E-state index contributed by atoms with van der Waals surface area (Å²) in [6, 6.07) is 2.71. The summed E-state index contributed by atoms with van der Waals surface area (Å²) >= 11 is 0. The Morgan fingerprint density at radius 3 is 2.65 bits per heavy atom. The summed E-state index contributed by atoms with van der Waals surface area (Å²) in [5.74, 6) is 0. The van der Waals surface area contributed by atoms with Crippen molar-refractivity contribution in [1.29, 1.82) is 0 Å². The SMILES string of the molecule is CCNC(Cc1cc(CC)nn1C)CC1(OC)CCC1. The maximum Gasteiger partial charge on any atom is 0.0693 e. The molecular weight excluding hydrogens is 250 g/mol. The van der Waals surface area contributed by atoms with Crippen molar-refractivity contribution >= 4 is 0 Å². The number of nitrogens with one attached hydrogen (secondary N) is 1. The molecule has 1 aromatic rings. The molecule has 4 nitrogen and oxygen atoms in total. The van der Waals surface area contributed by atoms with E-state index in [0.29, 0.717) is 6.04 Å². The standard InChI is InChI=1S/C16H29N3O/c1-5-13-10-15(19(3)18-13)11-14(17-6-2)12-16(20-4)8-7-9-16/h10,14,17H,5-9,11-12H2,1-4H3. The van der Waals surface area contributed by atoms with Gasteiger partial charge in [-0.2, -0.15) is 5.10 Å². The molecule has 1 heterocycles. The summed E-state index contributed by atoms with van der Waals surface area (Å²) in [7, 11) is 3.91. The first kappa shape index (κ1) is 15.5. The van der Waals surface area contributed by atoms with Crippen LogP contribution >= 0.6 is 0 Å². The number of likely N-dealkylation sites (N-methyl/N-ethyl adjacent to an activating group) is 1. The molecule has 20 heavy (non-hydrogen) atoms. The van der Waals surface area contributed by atoms with Crippen molar-refractivity contribution in [2.75, 3.05) is 13.7 Å². The molecule has 114 valence electrons. The van der Waals surface area contributed by atoms with Gasteiger partial charge in [0.05, 0.1) is 11.3 Å². The molecule has 4 heteroatoms. The Morgan fingerprint density at radius 2 is 2.20 bits per heavy atom. The molecule has 1 aliphatic carbocycles. The van der Waals surface area contributed by atoms with Crippen LogP contribution in [0.25, 0.3) is 0 Å². The second-order valence-electron chi connectivity index (χ2n) is 6.01. The third-order valence-electron chi connectivity index (χ3n) is 4.65. The first-order chi connectivity index (χ1) is 9.62. The van der Waals surface area contributed by atoms with Crippen molar-refractivity contribution in [3.05, 3.63) is 17.5 Å². The number of methoxy groups -OCH3 is 1. The molecule has 0 amide bonds. The summed E-state index contributed by atoms with van der Waals surface area (Å²) in [6.45, 7) is 5.33. The molecule has 1 atom stereocenters. The lowest BCUT2D eigenvalue weighted by molar-refractivity contribution is -0.0834. The second-order valence-corrected chi connectivity index (χ2v) is 6.01. The van der Waals surface area contributed by atoms with E-state index in [4.69, 9.17) is 4.74 Å². The Morgan fingerprint density at radius 1 is 1.45 bits per heavy atom. The Bertz CT molecular complexity index is 418. The van der Waals surface area contributed by atoms with Crippen LogP contribution in [0, 0.1) is 0 Å². The number of aryl methyl sites for hydroxylation is 2. The van der Waals surface area contributed by atoms with Gasteiger partial charge in [-0.05, 0) is 44.7 Å². The van der Waals surface area contributed by atoms with E-state index in [9.17, 15) is 0 Å². The Balaban J connectivity index is 2.02. The van der Waals surface area contributed by atoms with E-state index in [-0.39, 0.29) is 5.60 Å². The third-order valence-corrected chi connectivity index (χ3v) is 4.65. The van der Waals surface area contributed by atoms with Crippen molar-refractivity contribution in [3.8, 4) is 0 Å². The minimum atomic E-state index is 0.124. The molecule has 2 rings (SSSR count). The fourth-order valence-electron chi connectivity index (χ4n) is 3.20. The van der Waals surface area contributed by atoms with E-state index >= 15 is 0 Å². The van der Waals surface area contributed by atoms with Gasteiger partial charge >= 0.3 is 0 Å².